The Balaban J connectivity index is 1.61. The van der Waals surface area contributed by atoms with E-state index in [9.17, 15) is 19.7 Å². The summed E-state index contributed by atoms with van der Waals surface area (Å²) < 4.78 is 15.4. The molecule has 3 aromatic rings. The Bertz CT molecular complexity index is 1210. The van der Waals surface area contributed by atoms with Crippen molar-refractivity contribution in [2.75, 3.05) is 13.7 Å². The Morgan fingerprint density at radius 2 is 1.71 bits per heavy atom. The Kier molecular flexibility index (Phi) is 7.90. The first-order chi connectivity index (χ1) is 16.4. The summed E-state index contributed by atoms with van der Waals surface area (Å²) >= 11 is 0. The molecule has 1 amide bonds. The van der Waals surface area contributed by atoms with Gasteiger partial charge in [0.15, 0.2) is 12.4 Å². The molecule has 0 saturated heterocycles. The summed E-state index contributed by atoms with van der Waals surface area (Å²) in [6, 6.07) is 19.7. The third kappa shape index (κ3) is 6.16. The van der Waals surface area contributed by atoms with E-state index in [0.29, 0.717) is 5.75 Å². The van der Waals surface area contributed by atoms with Crippen molar-refractivity contribution in [3.05, 3.63) is 82.4 Å². The van der Waals surface area contributed by atoms with E-state index in [4.69, 9.17) is 14.2 Å². The molecule has 0 radical (unpaired) electrons. The van der Waals surface area contributed by atoms with Crippen molar-refractivity contribution < 1.29 is 28.7 Å². The molecule has 3 aromatic carbocycles. The van der Waals surface area contributed by atoms with Crippen LogP contribution in [0.25, 0.3) is 11.1 Å². The molecule has 0 aliphatic heterocycles. The lowest BCUT2D eigenvalue weighted by molar-refractivity contribution is -0.385. The highest BCUT2D eigenvalue weighted by molar-refractivity contribution is 5.90. The molecule has 0 saturated carbocycles. The monoisotopic (exact) mass is 463 g/mol. The fourth-order valence-electron chi connectivity index (χ4n) is 3.02. The zero-order valence-corrected chi connectivity index (χ0v) is 18.4. The predicted octanol–water partition coefficient (Wildman–Crippen LogP) is 3.72. The van der Waals surface area contributed by atoms with Crippen LogP contribution >= 0.6 is 0 Å². The number of nitrogens with one attached hydrogen (secondary N) is 1. The van der Waals surface area contributed by atoms with E-state index in [1.807, 2.05) is 42.5 Å². The highest BCUT2D eigenvalue weighted by atomic mass is 16.6. The molecule has 10 nitrogen and oxygen atoms in total. The van der Waals surface area contributed by atoms with Crippen molar-refractivity contribution in [3.63, 3.8) is 0 Å². The second-order valence-electron chi connectivity index (χ2n) is 6.86. The normalized spacial score (nSPS) is 10.5. The van der Waals surface area contributed by atoms with Crippen LogP contribution < -0.4 is 19.6 Å². The smallest absolute Gasteiger partial charge is 0.323 e. The van der Waals surface area contributed by atoms with Crippen LogP contribution in [0.1, 0.15) is 12.5 Å². The number of ether oxygens (including phenoxy) is 3. The molecule has 0 aliphatic rings. The predicted molar refractivity (Wildman–Crippen MR) is 124 cm³/mol. The summed E-state index contributed by atoms with van der Waals surface area (Å²) in [6.07, 6.45) is 1.09. The fourth-order valence-corrected chi connectivity index (χ4v) is 3.02. The molecule has 174 valence electrons. The van der Waals surface area contributed by atoms with Gasteiger partial charge in [-0.05, 0) is 35.4 Å². The third-order valence-electron chi connectivity index (χ3n) is 4.49. The Labute approximate surface area is 194 Å². The first kappa shape index (κ1) is 23.9. The number of hydrogen-bond donors (Lipinski definition) is 1. The van der Waals surface area contributed by atoms with Gasteiger partial charge in [-0.2, -0.15) is 5.10 Å². The van der Waals surface area contributed by atoms with Gasteiger partial charge in [0.05, 0.1) is 23.8 Å². The molecule has 0 atom stereocenters. The fraction of sp³-hybridized carbons (Fsp3) is 0.125. The molecule has 34 heavy (non-hydrogen) atoms. The van der Waals surface area contributed by atoms with Gasteiger partial charge in [-0.1, -0.05) is 42.5 Å². The lowest BCUT2D eigenvalue weighted by atomic mass is 10.1. The zero-order valence-electron chi connectivity index (χ0n) is 18.4. The van der Waals surface area contributed by atoms with Crippen LogP contribution in [0.15, 0.2) is 71.8 Å². The van der Waals surface area contributed by atoms with Crippen molar-refractivity contribution in [2.45, 2.75) is 6.92 Å². The second-order valence-corrected chi connectivity index (χ2v) is 6.86. The van der Waals surface area contributed by atoms with Gasteiger partial charge < -0.3 is 14.2 Å². The van der Waals surface area contributed by atoms with Gasteiger partial charge in [0, 0.05) is 6.92 Å². The minimum atomic E-state index is -0.697. The van der Waals surface area contributed by atoms with Crippen LogP contribution in [-0.2, 0) is 9.59 Å². The lowest BCUT2D eigenvalue weighted by Crippen LogP contribution is -2.24. The molecule has 0 fully saturated rings. The first-order valence-electron chi connectivity index (χ1n) is 10.0. The Morgan fingerprint density at radius 1 is 1.03 bits per heavy atom. The van der Waals surface area contributed by atoms with E-state index in [1.165, 1.54) is 19.2 Å². The van der Waals surface area contributed by atoms with Crippen LogP contribution in [-0.4, -0.2) is 36.7 Å². The average molecular weight is 463 g/mol. The van der Waals surface area contributed by atoms with Gasteiger partial charge in [0.2, 0.25) is 5.75 Å². The standard InChI is InChI=1S/C24H21N3O7/c1-16(28)34-21-13-10-19(23(27(30)31)24(21)32-2)14-25-26-22(29)15-33-20-11-8-18(9-12-20)17-6-4-3-5-7-17/h3-14H,15H2,1-2H3,(H,26,29)/b25-14-. The molecule has 0 unspecified atom stereocenters. The topological polar surface area (TPSA) is 129 Å². The molecule has 0 aliphatic carbocycles. The molecule has 3 rings (SSSR count). The summed E-state index contributed by atoms with van der Waals surface area (Å²) in [5.41, 5.74) is 3.89. The summed E-state index contributed by atoms with van der Waals surface area (Å²) in [5, 5.41) is 15.3. The van der Waals surface area contributed by atoms with Gasteiger partial charge in [-0.15, -0.1) is 0 Å². The van der Waals surface area contributed by atoms with Crippen molar-refractivity contribution in [2.24, 2.45) is 5.10 Å². The maximum absolute atomic E-state index is 12.0. The number of carbonyl (C=O) groups is 2. The number of methoxy groups -OCH3 is 1. The number of benzene rings is 3. The lowest BCUT2D eigenvalue weighted by Gasteiger charge is -2.09. The molecule has 10 heteroatoms. The van der Waals surface area contributed by atoms with Gasteiger partial charge in [-0.3, -0.25) is 19.7 Å². The van der Waals surface area contributed by atoms with Gasteiger partial charge >= 0.3 is 11.7 Å². The summed E-state index contributed by atoms with van der Waals surface area (Å²) in [7, 11) is 1.21. The highest BCUT2D eigenvalue weighted by Crippen LogP contribution is 2.39. The van der Waals surface area contributed by atoms with E-state index in [0.717, 1.165) is 24.3 Å². The number of nitrogens with zero attached hydrogens (tertiary/aromatic N) is 2. The number of nitro benzene ring substituents is 1. The molecule has 0 spiro atoms. The average Bonchev–Trinajstić information content (AvgIpc) is 2.83. The zero-order chi connectivity index (χ0) is 24.5. The minimum Gasteiger partial charge on any atom is -0.488 e. The molecule has 1 N–H and O–H groups in total. The molecule has 0 bridgehead atoms. The van der Waals surface area contributed by atoms with Crippen LogP contribution in [0.5, 0.6) is 17.2 Å². The quantitative estimate of drug-likeness (QED) is 0.168. The van der Waals surface area contributed by atoms with Crippen molar-refractivity contribution in [1.82, 2.24) is 5.43 Å². The van der Waals surface area contributed by atoms with E-state index in [1.54, 1.807) is 12.1 Å². The highest BCUT2D eigenvalue weighted by Gasteiger charge is 2.25. The maximum atomic E-state index is 12.0. The summed E-state index contributed by atoms with van der Waals surface area (Å²) in [4.78, 5) is 34.1. The maximum Gasteiger partial charge on any atom is 0.323 e. The number of hydrazone groups is 1. The van der Waals surface area contributed by atoms with Crippen LogP contribution in [0, 0.1) is 10.1 Å². The van der Waals surface area contributed by atoms with E-state index in [2.05, 4.69) is 10.5 Å². The second kappa shape index (κ2) is 11.2. The van der Waals surface area contributed by atoms with Crippen molar-refractivity contribution in [1.29, 1.82) is 0 Å². The van der Waals surface area contributed by atoms with Crippen LogP contribution in [0.3, 0.4) is 0 Å². The first-order valence-corrected chi connectivity index (χ1v) is 10.0. The number of nitro groups is 1. The number of rotatable bonds is 9. The van der Waals surface area contributed by atoms with Gasteiger partial charge in [-0.25, -0.2) is 5.43 Å². The largest absolute Gasteiger partial charge is 0.488 e. The molecular formula is C24H21N3O7. The number of amides is 1. The summed E-state index contributed by atoms with van der Waals surface area (Å²) in [5.74, 6) is -1.06. The van der Waals surface area contributed by atoms with E-state index < -0.39 is 22.5 Å². The van der Waals surface area contributed by atoms with Crippen molar-refractivity contribution in [3.8, 4) is 28.4 Å². The van der Waals surface area contributed by atoms with E-state index >= 15 is 0 Å². The summed E-state index contributed by atoms with van der Waals surface area (Å²) in [6.45, 7) is 0.856. The Hall–Kier alpha value is -4.73. The SMILES string of the molecule is COc1c(OC(C)=O)ccc(/C=N\NC(=O)COc2ccc(-c3ccccc3)cc2)c1[N+](=O)[O-]. The number of esters is 1. The van der Waals surface area contributed by atoms with Crippen LogP contribution in [0.4, 0.5) is 5.69 Å². The van der Waals surface area contributed by atoms with E-state index in [-0.39, 0.29) is 23.7 Å². The minimum absolute atomic E-state index is 0.0375. The molecule has 0 heterocycles. The molecular weight excluding hydrogens is 442 g/mol. The number of hydrogen-bond acceptors (Lipinski definition) is 8. The number of carbonyl (C=O) groups excluding carboxylic acids is 2. The Morgan fingerprint density at radius 3 is 2.32 bits per heavy atom. The van der Waals surface area contributed by atoms with Crippen LogP contribution in [0.2, 0.25) is 0 Å². The molecule has 0 aromatic heterocycles. The van der Waals surface area contributed by atoms with Gasteiger partial charge in [0.1, 0.15) is 5.75 Å². The third-order valence-corrected chi connectivity index (χ3v) is 4.49. The van der Waals surface area contributed by atoms with Crippen molar-refractivity contribution >= 4 is 23.8 Å². The van der Waals surface area contributed by atoms with Gasteiger partial charge in [0.25, 0.3) is 5.91 Å².